The first-order chi connectivity index (χ1) is 9.31. The van der Waals surface area contributed by atoms with Gasteiger partial charge in [0.2, 0.25) is 0 Å². The predicted octanol–water partition coefficient (Wildman–Crippen LogP) is 2.99. The summed E-state index contributed by atoms with van der Waals surface area (Å²) in [6, 6.07) is 8.46. The summed E-state index contributed by atoms with van der Waals surface area (Å²) in [6.45, 7) is 4.77. The highest BCUT2D eigenvalue weighted by Crippen LogP contribution is 2.51. The predicted molar refractivity (Wildman–Crippen MR) is 74.9 cm³/mol. The van der Waals surface area contributed by atoms with Crippen LogP contribution in [-0.2, 0) is 0 Å². The summed E-state index contributed by atoms with van der Waals surface area (Å²) in [6.07, 6.45) is 7.66. The van der Waals surface area contributed by atoms with E-state index in [4.69, 9.17) is 0 Å². The third-order valence-corrected chi connectivity index (χ3v) is 4.97. The zero-order valence-electron chi connectivity index (χ0n) is 10.8. The highest BCUT2D eigenvalue weighted by molar-refractivity contribution is 5.98. The van der Waals surface area contributed by atoms with Crippen molar-refractivity contribution in [2.45, 2.75) is 18.4 Å². The Morgan fingerprint density at radius 3 is 3.00 bits per heavy atom. The zero-order chi connectivity index (χ0) is 13.0. The minimum atomic E-state index is 0.205. The van der Waals surface area contributed by atoms with Crippen molar-refractivity contribution in [3.8, 4) is 0 Å². The quantitative estimate of drug-likeness (QED) is 0.703. The van der Waals surface area contributed by atoms with Crippen LogP contribution in [0.3, 0.4) is 0 Å². The second-order valence-electron chi connectivity index (χ2n) is 5.79. The van der Waals surface area contributed by atoms with Gasteiger partial charge in [-0.2, -0.15) is 0 Å². The molecule has 0 aromatic heterocycles. The van der Waals surface area contributed by atoms with Gasteiger partial charge in [-0.05, 0) is 29.9 Å². The molecule has 0 unspecified atom stereocenters. The Labute approximate surface area is 113 Å². The molecule has 3 aliphatic rings. The van der Waals surface area contributed by atoms with Crippen LogP contribution in [0.4, 0.5) is 0 Å². The van der Waals surface area contributed by atoms with Crippen LogP contribution >= 0.6 is 0 Å². The van der Waals surface area contributed by atoms with Crippen molar-refractivity contribution in [3.63, 3.8) is 0 Å². The number of rotatable bonds is 1. The molecular formula is C17H17NO. The molecule has 2 nitrogen and oxygen atoms in total. The van der Waals surface area contributed by atoms with Crippen molar-refractivity contribution in [1.82, 2.24) is 4.90 Å². The molecule has 1 amide bonds. The molecule has 96 valence electrons. The molecule has 1 saturated carbocycles. The molecule has 2 heteroatoms. The van der Waals surface area contributed by atoms with Gasteiger partial charge in [-0.25, -0.2) is 0 Å². The Morgan fingerprint density at radius 1 is 1.32 bits per heavy atom. The Balaban J connectivity index is 1.93. The molecule has 2 heterocycles. The monoisotopic (exact) mass is 251 g/mol. The van der Waals surface area contributed by atoms with Crippen LogP contribution in [0.25, 0.3) is 0 Å². The summed E-state index contributed by atoms with van der Waals surface area (Å²) in [5.74, 6) is 1.62. The molecule has 1 aliphatic carbocycles. The largest absolute Gasteiger partial charge is 0.331 e. The van der Waals surface area contributed by atoms with E-state index < -0.39 is 0 Å². The van der Waals surface area contributed by atoms with Gasteiger partial charge >= 0.3 is 0 Å². The maximum absolute atomic E-state index is 12.6. The number of carbonyl (C=O) groups is 1. The van der Waals surface area contributed by atoms with Gasteiger partial charge < -0.3 is 4.90 Å². The van der Waals surface area contributed by atoms with E-state index in [9.17, 15) is 4.79 Å². The van der Waals surface area contributed by atoms with Crippen molar-refractivity contribution < 1.29 is 4.79 Å². The maximum Gasteiger partial charge on any atom is 0.254 e. The summed E-state index contributed by atoms with van der Waals surface area (Å²) in [7, 11) is 0. The second-order valence-corrected chi connectivity index (χ2v) is 5.79. The van der Waals surface area contributed by atoms with E-state index in [0.29, 0.717) is 23.8 Å². The number of nitrogens with zero attached hydrogens (tertiary/aromatic N) is 1. The fourth-order valence-corrected chi connectivity index (χ4v) is 4.22. The smallest absolute Gasteiger partial charge is 0.254 e. The van der Waals surface area contributed by atoms with Gasteiger partial charge in [0.15, 0.2) is 0 Å². The van der Waals surface area contributed by atoms with Gasteiger partial charge in [0, 0.05) is 24.1 Å². The van der Waals surface area contributed by atoms with Gasteiger partial charge in [0.05, 0.1) is 0 Å². The summed E-state index contributed by atoms with van der Waals surface area (Å²) < 4.78 is 0. The molecule has 4 rings (SSSR count). The molecule has 19 heavy (non-hydrogen) atoms. The first-order valence-corrected chi connectivity index (χ1v) is 7.00. The lowest BCUT2D eigenvalue weighted by atomic mass is 9.78. The normalized spacial score (nSPS) is 34.9. The lowest BCUT2D eigenvalue weighted by Crippen LogP contribution is -2.50. The summed E-state index contributed by atoms with van der Waals surface area (Å²) in [5.41, 5.74) is 2.13. The number of carbonyl (C=O) groups excluding carboxylic acids is 1. The maximum atomic E-state index is 12.6. The van der Waals surface area contributed by atoms with E-state index in [0.717, 1.165) is 18.5 Å². The van der Waals surface area contributed by atoms with Crippen molar-refractivity contribution >= 4 is 5.91 Å². The van der Waals surface area contributed by atoms with Gasteiger partial charge in [-0.3, -0.25) is 4.79 Å². The SMILES string of the molecule is C=C[C@@H]1C[C@@H]2C=CCN3C(=O)c4ccccc4[C@@H]1[C@@H]23. The van der Waals surface area contributed by atoms with Crippen LogP contribution in [0, 0.1) is 11.8 Å². The molecule has 0 N–H and O–H groups in total. The molecule has 0 bridgehead atoms. The highest BCUT2D eigenvalue weighted by Gasteiger charge is 2.50. The Morgan fingerprint density at radius 2 is 2.16 bits per heavy atom. The van der Waals surface area contributed by atoms with E-state index in [1.54, 1.807) is 0 Å². The van der Waals surface area contributed by atoms with E-state index in [1.165, 1.54) is 5.56 Å². The van der Waals surface area contributed by atoms with Crippen LogP contribution in [-0.4, -0.2) is 23.4 Å². The van der Waals surface area contributed by atoms with Crippen LogP contribution < -0.4 is 0 Å². The molecule has 4 atom stereocenters. The molecule has 1 aromatic rings. The minimum absolute atomic E-state index is 0.205. The Hall–Kier alpha value is -1.83. The van der Waals surface area contributed by atoms with Gasteiger partial charge in [0.25, 0.3) is 5.91 Å². The van der Waals surface area contributed by atoms with Crippen LogP contribution in [0.5, 0.6) is 0 Å². The van der Waals surface area contributed by atoms with Crippen molar-refractivity contribution in [2.75, 3.05) is 6.54 Å². The van der Waals surface area contributed by atoms with E-state index in [1.807, 2.05) is 18.2 Å². The van der Waals surface area contributed by atoms with E-state index >= 15 is 0 Å². The first-order valence-electron chi connectivity index (χ1n) is 7.00. The van der Waals surface area contributed by atoms with Crippen LogP contribution in [0.1, 0.15) is 28.3 Å². The molecule has 1 fully saturated rings. The standard InChI is InChI=1S/C17H17NO/c1-2-11-10-12-6-5-9-18-16(12)15(11)13-7-3-4-8-14(13)17(18)19/h2-8,11-12,15-16H,1,9-10H2/t11-,12+,15-,16-/m1/s1. The number of benzene rings is 1. The zero-order valence-corrected chi connectivity index (χ0v) is 10.8. The topological polar surface area (TPSA) is 20.3 Å². The third-order valence-electron chi connectivity index (χ3n) is 4.97. The van der Waals surface area contributed by atoms with Crippen LogP contribution in [0.15, 0.2) is 49.1 Å². The lowest BCUT2D eigenvalue weighted by Gasteiger charge is -2.43. The summed E-state index contributed by atoms with van der Waals surface area (Å²) >= 11 is 0. The van der Waals surface area contributed by atoms with Gasteiger partial charge in [-0.15, -0.1) is 6.58 Å². The Kier molecular flexibility index (Phi) is 2.22. The molecule has 1 aromatic carbocycles. The van der Waals surface area contributed by atoms with Gasteiger partial charge in [0.1, 0.15) is 0 Å². The molecule has 0 spiro atoms. The fourth-order valence-electron chi connectivity index (χ4n) is 4.22. The summed E-state index contributed by atoms with van der Waals surface area (Å²) in [5, 5.41) is 0. The van der Waals surface area contributed by atoms with Crippen molar-refractivity contribution in [2.24, 2.45) is 11.8 Å². The number of amides is 1. The number of fused-ring (bicyclic) bond motifs is 2. The fraction of sp³-hybridized carbons (Fsp3) is 0.353. The average Bonchev–Trinajstić information content (AvgIpc) is 2.84. The molecule has 0 radical (unpaired) electrons. The van der Waals surface area contributed by atoms with Crippen molar-refractivity contribution in [3.05, 3.63) is 60.2 Å². The van der Waals surface area contributed by atoms with E-state index in [2.05, 4.69) is 35.8 Å². The average molecular weight is 251 g/mol. The Bertz CT molecular complexity index is 589. The van der Waals surface area contributed by atoms with Crippen molar-refractivity contribution in [1.29, 1.82) is 0 Å². The van der Waals surface area contributed by atoms with E-state index in [-0.39, 0.29) is 5.91 Å². The number of hydrogen-bond donors (Lipinski definition) is 0. The summed E-state index contributed by atoms with van der Waals surface area (Å²) in [4.78, 5) is 14.7. The highest BCUT2D eigenvalue weighted by atomic mass is 16.2. The second kappa shape index (κ2) is 3.83. The number of hydrogen-bond acceptors (Lipinski definition) is 1. The number of allylic oxidation sites excluding steroid dienone is 1. The lowest BCUT2D eigenvalue weighted by molar-refractivity contribution is 0.0611. The molecule has 0 saturated heterocycles. The van der Waals surface area contributed by atoms with Gasteiger partial charge in [-0.1, -0.05) is 36.4 Å². The first kappa shape index (κ1) is 11.0. The van der Waals surface area contributed by atoms with Crippen LogP contribution in [0.2, 0.25) is 0 Å². The third kappa shape index (κ3) is 1.34. The minimum Gasteiger partial charge on any atom is -0.331 e. The molecular weight excluding hydrogens is 234 g/mol. The molecule has 2 aliphatic heterocycles.